The Morgan fingerprint density at radius 2 is 1.05 bits per heavy atom. The van der Waals surface area contributed by atoms with Crippen LogP contribution in [0.15, 0.2) is 24.3 Å². The van der Waals surface area contributed by atoms with Gasteiger partial charge in [0.05, 0.1) is 0 Å². The van der Waals surface area contributed by atoms with Crippen molar-refractivity contribution < 1.29 is 41.7 Å². The van der Waals surface area contributed by atoms with Crippen molar-refractivity contribution >= 4 is 11.4 Å². The van der Waals surface area contributed by atoms with E-state index < -0.39 is 0 Å². The molecular weight excluding hydrogens is 360 g/mol. The minimum absolute atomic E-state index is 0. The second-order valence-corrected chi connectivity index (χ2v) is 7.24. The van der Waals surface area contributed by atoms with Gasteiger partial charge in [0.2, 0.25) is 0 Å². The Balaban J connectivity index is 0.00000324. The Morgan fingerprint density at radius 1 is 0.737 bits per heavy atom. The van der Waals surface area contributed by atoms with E-state index >= 15 is 0 Å². The standard InChI is InChI=1S/C16H26N2.Ce/c1-15(2,3)11-17-13-9-7-8-10-14(13)18-12-16(4,5)6;/h7-10H,11-12H2,1-6H3;/q-2;. The third kappa shape index (κ3) is 8.87. The molecule has 0 saturated heterocycles. The molecule has 0 atom stereocenters. The summed E-state index contributed by atoms with van der Waals surface area (Å²) in [7, 11) is 0. The topological polar surface area (TPSA) is 28.2 Å². The van der Waals surface area contributed by atoms with Gasteiger partial charge in [0.15, 0.2) is 0 Å². The predicted molar refractivity (Wildman–Crippen MR) is 81.1 cm³/mol. The zero-order valence-electron chi connectivity index (χ0n) is 13.1. The molecule has 0 saturated carbocycles. The number of nitrogens with zero attached hydrogens (tertiary/aromatic N) is 2. The summed E-state index contributed by atoms with van der Waals surface area (Å²) in [5, 5.41) is 9.37. The molecule has 19 heavy (non-hydrogen) atoms. The number of rotatable bonds is 4. The van der Waals surface area contributed by atoms with Crippen LogP contribution in [0.3, 0.4) is 0 Å². The molecule has 0 radical (unpaired) electrons. The van der Waals surface area contributed by atoms with E-state index in [4.69, 9.17) is 0 Å². The van der Waals surface area contributed by atoms with E-state index in [0.29, 0.717) is 0 Å². The molecule has 0 N–H and O–H groups in total. The summed E-state index contributed by atoms with van der Waals surface area (Å²) < 4.78 is 0. The van der Waals surface area contributed by atoms with Gasteiger partial charge in [-0.15, -0.1) is 13.1 Å². The monoisotopic (exact) mass is 386 g/mol. The fourth-order valence-corrected chi connectivity index (χ4v) is 1.38. The molecule has 0 aromatic heterocycles. The maximum Gasteiger partial charge on any atom is 0 e. The van der Waals surface area contributed by atoms with Gasteiger partial charge in [-0.05, 0) is 0 Å². The summed E-state index contributed by atoms with van der Waals surface area (Å²) >= 11 is 0. The van der Waals surface area contributed by atoms with Gasteiger partial charge < -0.3 is 10.6 Å². The van der Waals surface area contributed by atoms with Gasteiger partial charge in [0.25, 0.3) is 0 Å². The van der Waals surface area contributed by atoms with Crippen LogP contribution in [-0.2, 0) is 0 Å². The number of hydrogen-bond acceptors (Lipinski definition) is 0. The summed E-state index contributed by atoms with van der Waals surface area (Å²) in [6.45, 7) is 14.9. The predicted octanol–water partition coefficient (Wildman–Crippen LogP) is 5.79. The molecule has 106 valence electrons. The summed E-state index contributed by atoms with van der Waals surface area (Å²) in [4.78, 5) is 0. The molecule has 0 aliphatic heterocycles. The second-order valence-electron chi connectivity index (χ2n) is 7.24. The molecule has 1 rings (SSSR count). The average molecular weight is 387 g/mol. The number of hydrogen-bond donors (Lipinski definition) is 0. The third-order valence-corrected chi connectivity index (χ3v) is 2.33. The molecular formula is C16H26CeN2-2. The van der Waals surface area contributed by atoms with Crippen LogP contribution in [0, 0.1) is 52.6 Å². The zero-order chi connectivity index (χ0) is 13.8. The van der Waals surface area contributed by atoms with Crippen molar-refractivity contribution in [1.82, 2.24) is 0 Å². The van der Waals surface area contributed by atoms with Gasteiger partial charge in [-0.2, -0.15) is 11.4 Å². The van der Waals surface area contributed by atoms with Crippen LogP contribution in [0.1, 0.15) is 41.5 Å². The Morgan fingerprint density at radius 3 is 1.32 bits per heavy atom. The smallest absolute Gasteiger partial charge is 0 e. The van der Waals surface area contributed by atoms with Crippen LogP contribution < -0.4 is 0 Å². The van der Waals surface area contributed by atoms with Gasteiger partial charge in [-0.3, -0.25) is 0 Å². The molecule has 3 heteroatoms. The van der Waals surface area contributed by atoms with Gasteiger partial charge in [-0.25, -0.2) is 0 Å². The molecule has 0 aliphatic carbocycles. The van der Waals surface area contributed by atoms with E-state index in [2.05, 4.69) is 52.2 Å². The quantitative estimate of drug-likeness (QED) is 0.627. The summed E-state index contributed by atoms with van der Waals surface area (Å²) in [6.07, 6.45) is 0. The third-order valence-electron chi connectivity index (χ3n) is 2.33. The Bertz CT molecular complexity index is 338. The van der Waals surface area contributed by atoms with E-state index in [1.54, 1.807) is 0 Å². The van der Waals surface area contributed by atoms with Gasteiger partial charge in [0, 0.05) is 41.7 Å². The van der Waals surface area contributed by atoms with Crippen molar-refractivity contribution in [3.8, 4) is 0 Å². The Hall–Kier alpha value is 0.197. The van der Waals surface area contributed by atoms with Crippen LogP contribution in [0.25, 0.3) is 10.6 Å². The number of para-hydroxylation sites is 2. The molecule has 1 aromatic rings. The van der Waals surface area contributed by atoms with E-state index in [0.717, 1.165) is 24.5 Å². The minimum Gasteiger partial charge on any atom is -0.685 e. The molecule has 0 unspecified atom stereocenters. The van der Waals surface area contributed by atoms with Crippen molar-refractivity contribution in [3.05, 3.63) is 34.9 Å². The fraction of sp³-hybridized carbons (Fsp3) is 0.625. The summed E-state index contributed by atoms with van der Waals surface area (Å²) in [5.74, 6) is 0. The molecule has 0 fully saturated rings. The minimum atomic E-state index is 0. The van der Waals surface area contributed by atoms with Crippen LogP contribution in [0.5, 0.6) is 0 Å². The molecule has 0 heterocycles. The maximum atomic E-state index is 4.68. The Kier molecular flexibility index (Phi) is 7.92. The van der Waals surface area contributed by atoms with Crippen LogP contribution >= 0.6 is 0 Å². The van der Waals surface area contributed by atoms with E-state index in [1.807, 2.05) is 24.3 Å². The van der Waals surface area contributed by atoms with Crippen LogP contribution in [-0.4, -0.2) is 13.1 Å². The van der Waals surface area contributed by atoms with Crippen molar-refractivity contribution in [2.24, 2.45) is 10.8 Å². The van der Waals surface area contributed by atoms with Gasteiger partial charge in [0.1, 0.15) is 0 Å². The molecule has 0 spiro atoms. The molecule has 1 aromatic carbocycles. The fourth-order valence-electron chi connectivity index (χ4n) is 1.38. The molecule has 0 amide bonds. The zero-order valence-corrected chi connectivity index (χ0v) is 16.3. The molecule has 0 bridgehead atoms. The molecule has 0 aliphatic rings. The van der Waals surface area contributed by atoms with Gasteiger partial charge in [-0.1, -0.05) is 76.6 Å². The van der Waals surface area contributed by atoms with Crippen molar-refractivity contribution in [1.29, 1.82) is 0 Å². The van der Waals surface area contributed by atoms with Crippen LogP contribution in [0.2, 0.25) is 0 Å². The molecule has 2 nitrogen and oxygen atoms in total. The van der Waals surface area contributed by atoms with E-state index in [9.17, 15) is 0 Å². The van der Waals surface area contributed by atoms with E-state index in [1.165, 1.54) is 0 Å². The van der Waals surface area contributed by atoms with Crippen molar-refractivity contribution in [2.45, 2.75) is 41.5 Å². The average Bonchev–Trinajstić information content (AvgIpc) is 2.22. The second kappa shape index (κ2) is 7.84. The number of benzene rings is 1. The van der Waals surface area contributed by atoms with Crippen molar-refractivity contribution in [3.63, 3.8) is 0 Å². The first kappa shape index (κ1) is 19.2. The Labute approximate surface area is 152 Å². The van der Waals surface area contributed by atoms with E-state index in [-0.39, 0.29) is 52.6 Å². The maximum absolute atomic E-state index is 4.68. The first-order valence-corrected chi connectivity index (χ1v) is 6.61. The SMILES string of the molecule is CC(C)(C)C[N-]c1ccccc1[N-]CC(C)(C)C.[Ce]. The first-order chi connectivity index (χ1) is 8.17. The largest absolute Gasteiger partial charge is 0.685 e. The normalized spacial score (nSPS) is 11.7. The van der Waals surface area contributed by atoms with Gasteiger partial charge >= 0.3 is 0 Å². The summed E-state index contributed by atoms with van der Waals surface area (Å²) in [6, 6.07) is 8.15. The summed E-state index contributed by atoms with van der Waals surface area (Å²) in [5.41, 5.74) is 2.46. The van der Waals surface area contributed by atoms with Crippen LogP contribution in [0.4, 0.5) is 11.4 Å². The first-order valence-electron chi connectivity index (χ1n) is 6.61. The van der Waals surface area contributed by atoms with Crippen molar-refractivity contribution in [2.75, 3.05) is 13.1 Å².